The molecule has 1 heterocycles. The summed E-state index contributed by atoms with van der Waals surface area (Å²) in [4.78, 5) is 13.2. The highest BCUT2D eigenvalue weighted by molar-refractivity contribution is 14.1. The number of hydrogen-bond donors (Lipinski definition) is 2. The van der Waals surface area contributed by atoms with E-state index in [9.17, 15) is 4.79 Å². The Labute approximate surface area is 230 Å². The van der Waals surface area contributed by atoms with E-state index in [2.05, 4.69) is 74.9 Å². The lowest BCUT2D eigenvalue weighted by atomic mass is 10.1. The van der Waals surface area contributed by atoms with Crippen molar-refractivity contribution < 1.29 is 9.53 Å². The molecular weight excluding hydrogens is 682 g/mol. The highest BCUT2D eigenvalue weighted by Crippen LogP contribution is 2.34. The maximum Gasteiger partial charge on any atom is 0.260 e. The second kappa shape index (κ2) is 11.3. The Kier molecular flexibility index (Phi) is 8.48. The molecule has 1 amide bonds. The first kappa shape index (κ1) is 24.7. The number of carbonyl (C=O) groups is 1. The summed E-state index contributed by atoms with van der Waals surface area (Å²) < 4.78 is 8.02. The van der Waals surface area contributed by atoms with E-state index in [0.717, 1.165) is 36.1 Å². The molecule has 0 spiro atoms. The van der Waals surface area contributed by atoms with Gasteiger partial charge in [0.05, 0.1) is 12.0 Å². The van der Waals surface area contributed by atoms with E-state index in [-0.39, 0.29) is 11.4 Å². The van der Waals surface area contributed by atoms with Crippen LogP contribution in [0.2, 0.25) is 5.02 Å². The lowest BCUT2D eigenvalue weighted by Crippen LogP contribution is -2.30. The third kappa shape index (κ3) is 6.37. The summed E-state index contributed by atoms with van der Waals surface area (Å²) in [5, 5.41) is 7.05. The predicted octanol–water partition coefficient (Wildman–Crippen LogP) is 7.29. The van der Waals surface area contributed by atoms with Gasteiger partial charge in [-0.2, -0.15) is 0 Å². The zero-order chi connectivity index (χ0) is 23.4. The fourth-order valence-corrected chi connectivity index (χ4v) is 6.57. The number of aryl methyl sites for hydroxylation is 1. The average molecular weight is 703 g/mol. The van der Waals surface area contributed by atoms with Crippen molar-refractivity contribution in [2.45, 2.75) is 25.4 Å². The Hall–Kier alpha value is -1.43. The Morgan fingerprint density at radius 1 is 1.12 bits per heavy atom. The van der Waals surface area contributed by atoms with E-state index in [4.69, 9.17) is 16.3 Å². The summed E-state index contributed by atoms with van der Waals surface area (Å²) in [6, 6.07) is 20.0. The van der Waals surface area contributed by atoms with Gasteiger partial charge in [0.15, 0.2) is 5.50 Å². The minimum absolute atomic E-state index is 0.0771. The van der Waals surface area contributed by atoms with Crippen molar-refractivity contribution in [2.75, 3.05) is 5.32 Å². The van der Waals surface area contributed by atoms with Crippen molar-refractivity contribution in [3.05, 3.63) is 94.4 Å². The lowest BCUT2D eigenvalue weighted by molar-refractivity contribution is -0.116. The first-order valence-electron chi connectivity index (χ1n) is 10.3. The van der Waals surface area contributed by atoms with Gasteiger partial charge in [-0.25, -0.2) is 0 Å². The molecule has 33 heavy (non-hydrogen) atoms. The molecule has 4 rings (SSSR count). The van der Waals surface area contributed by atoms with Gasteiger partial charge in [0.2, 0.25) is 0 Å². The molecular formula is C25H21ClI2N2O2S. The Balaban J connectivity index is 1.44. The van der Waals surface area contributed by atoms with E-state index < -0.39 is 0 Å². The first-order valence-corrected chi connectivity index (χ1v) is 13.7. The molecule has 3 aromatic carbocycles. The molecule has 1 aliphatic rings. The lowest BCUT2D eigenvalue weighted by Gasteiger charge is -2.13. The molecule has 1 aliphatic heterocycles. The molecule has 8 heteroatoms. The van der Waals surface area contributed by atoms with Crippen LogP contribution in [0, 0.1) is 7.14 Å². The minimum Gasteiger partial charge on any atom is -0.487 e. The summed E-state index contributed by atoms with van der Waals surface area (Å²) >= 11 is 12.3. The molecule has 0 bridgehead atoms. The van der Waals surface area contributed by atoms with Crippen LogP contribution in [0.4, 0.5) is 5.69 Å². The van der Waals surface area contributed by atoms with Crippen LogP contribution in [-0.2, 0) is 17.8 Å². The molecule has 1 fully saturated rings. The van der Waals surface area contributed by atoms with Crippen LogP contribution in [0.1, 0.15) is 23.6 Å². The number of rotatable bonds is 7. The molecule has 1 saturated heterocycles. The molecule has 3 aromatic rings. The first-order chi connectivity index (χ1) is 15.9. The van der Waals surface area contributed by atoms with Gasteiger partial charge in [-0.05, 0) is 99.1 Å². The fraction of sp³-hybridized carbons (Fsp3) is 0.160. The molecule has 170 valence electrons. The van der Waals surface area contributed by atoms with Crippen molar-refractivity contribution in [1.29, 1.82) is 0 Å². The molecule has 0 radical (unpaired) electrons. The van der Waals surface area contributed by atoms with Gasteiger partial charge in [0.1, 0.15) is 12.4 Å². The molecule has 0 aliphatic carbocycles. The zero-order valence-electron chi connectivity index (χ0n) is 17.7. The number of amides is 1. The number of ether oxygens (including phenoxy) is 1. The quantitative estimate of drug-likeness (QED) is 0.201. The molecule has 1 atom stereocenters. The van der Waals surface area contributed by atoms with E-state index in [1.807, 2.05) is 54.6 Å². The number of anilines is 1. The van der Waals surface area contributed by atoms with Crippen molar-refractivity contribution in [2.24, 2.45) is 0 Å². The van der Waals surface area contributed by atoms with E-state index in [0.29, 0.717) is 16.5 Å². The SMILES string of the molecule is CCc1ccc(N[C@@H]2NC(=O)/C(=C/c3cc(I)c(OCc4ccccc4Cl)c(I)c3)S2)cc1. The van der Waals surface area contributed by atoms with Gasteiger partial charge in [0.25, 0.3) is 5.91 Å². The summed E-state index contributed by atoms with van der Waals surface area (Å²) in [5.41, 5.74) is 3.97. The third-order valence-electron chi connectivity index (χ3n) is 5.04. The van der Waals surface area contributed by atoms with E-state index in [1.54, 1.807) is 0 Å². The van der Waals surface area contributed by atoms with Crippen molar-refractivity contribution >= 4 is 86.2 Å². The zero-order valence-corrected chi connectivity index (χ0v) is 23.6. The number of hydrogen-bond acceptors (Lipinski definition) is 4. The van der Waals surface area contributed by atoms with Crippen LogP contribution in [-0.4, -0.2) is 11.4 Å². The van der Waals surface area contributed by atoms with E-state index in [1.165, 1.54) is 17.3 Å². The molecule has 0 unspecified atom stereocenters. The minimum atomic E-state index is -0.201. The van der Waals surface area contributed by atoms with Crippen LogP contribution in [0.3, 0.4) is 0 Å². The number of thioether (sulfide) groups is 1. The summed E-state index contributed by atoms with van der Waals surface area (Å²) in [6.45, 7) is 2.53. The van der Waals surface area contributed by atoms with Crippen LogP contribution in [0.5, 0.6) is 5.75 Å². The van der Waals surface area contributed by atoms with Gasteiger partial charge >= 0.3 is 0 Å². The second-order valence-corrected chi connectivity index (χ2v) is 11.2. The summed E-state index contributed by atoms with van der Waals surface area (Å²) in [6.07, 6.45) is 2.92. The van der Waals surface area contributed by atoms with Gasteiger partial charge < -0.3 is 15.4 Å². The summed E-state index contributed by atoms with van der Waals surface area (Å²) in [7, 11) is 0. The number of carbonyl (C=O) groups excluding carboxylic acids is 1. The second-order valence-electron chi connectivity index (χ2n) is 7.37. The van der Waals surface area contributed by atoms with Gasteiger partial charge in [-0.1, -0.05) is 60.6 Å². The summed E-state index contributed by atoms with van der Waals surface area (Å²) in [5.74, 6) is 0.739. The van der Waals surface area contributed by atoms with Crippen LogP contribution < -0.4 is 15.4 Å². The highest BCUT2D eigenvalue weighted by Gasteiger charge is 2.27. The topological polar surface area (TPSA) is 50.4 Å². The Morgan fingerprint density at radius 2 is 1.82 bits per heavy atom. The number of nitrogens with one attached hydrogen (secondary N) is 2. The highest BCUT2D eigenvalue weighted by atomic mass is 127. The number of benzene rings is 3. The van der Waals surface area contributed by atoms with Crippen LogP contribution in [0.25, 0.3) is 6.08 Å². The largest absolute Gasteiger partial charge is 0.487 e. The Bertz CT molecular complexity index is 1180. The van der Waals surface area contributed by atoms with Gasteiger partial charge in [-0.15, -0.1) is 0 Å². The average Bonchev–Trinajstić information content (AvgIpc) is 3.13. The van der Waals surface area contributed by atoms with Crippen molar-refractivity contribution in [3.63, 3.8) is 0 Å². The Morgan fingerprint density at radius 3 is 2.48 bits per heavy atom. The van der Waals surface area contributed by atoms with Crippen molar-refractivity contribution in [3.8, 4) is 5.75 Å². The predicted molar refractivity (Wildman–Crippen MR) is 155 cm³/mol. The van der Waals surface area contributed by atoms with Crippen molar-refractivity contribution in [1.82, 2.24) is 5.32 Å². The molecule has 2 N–H and O–H groups in total. The molecule has 0 saturated carbocycles. The third-order valence-corrected chi connectivity index (χ3v) is 8.04. The monoisotopic (exact) mass is 702 g/mol. The van der Waals surface area contributed by atoms with E-state index >= 15 is 0 Å². The maximum atomic E-state index is 12.5. The van der Waals surface area contributed by atoms with Crippen LogP contribution in [0.15, 0.2) is 65.6 Å². The van der Waals surface area contributed by atoms with Gasteiger partial charge in [0, 0.05) is 16.3 Å². The molecule has 4 nitrogen and oxygen atoms in total. The normalized spacial score (nSPS) is 16.7. The van der Waals surface area contributed by atoms with Gasteiger partial charge in [-0.3, -0.25) is 4.79 Å². The standard InChI is InChI=1S/C25H21ClI2N2O2S/c1-2-15-7-9-18(10-8-15)29-25-30-24(31)22(33-25)13-16-11-20(27)23(21(28)12-16)32-14-17-5-3-4-6-19(17)26/h3-13,25,29H,2,14H2,1H3,(H,30,31)/b22-13-/t25-/m1/s1. The number of halogens is 3. The van der Waals surface area contributed by atoms with Crippen LogP contribution >= 0.6 is 68.5 Å². The fourth-order valence-electron chi connectivity index (χ4n) is 3.27. The molecule has 0 aromatic heterocycles. The maximum absolute atomic E-state index is 12.5. The smallest absolute Gasteiger partial charge is 0.260 e.